The second-order valence-corrected chi connectivity index (χ2v) is 6.03. The van der Waals surface area contributed by atoms with Crippen molar-refractivity contribution in [1.82, 2.24) is 4.90 Å². The lowest BCUT2D eigenvalue weighted by molar-refractivity contribution is -0.139. The number of anilines is 1. The molecule has 0 bridgehead atoms. The van der Waals surface area contributed by atoms with Crippen LogP contribution in [0.4, 0.5) is 5.69 Å². The zero-order chi connectivity index (χ0) is 14.8. The Hall–Kier alpha value is -1.84. The molecule has 4 nitrogen and oxygen atoms in total. The highest BCUT2D eigenvalue weighted by Gasteiger charge is 2.45. The summed E-state index contributed by atoms with van der Waals surface area (Å²) in [6.07, 6.45) is 5.70. The van der Waals surface area contributed by atoms with E-state index >= 15 is 0 Å². The fourth-order valence-electron chi connectivity index (χ4n) is 2.83. The number of benzene rings is 1. The number of rotatable bonds is 6. The van der Waals surface area contributed by atoms with Gasteiger partial charge in [-0.3, -0.25) is 14.5 Å². The summed E-state index contributed by atoms with van der Waals surface area (Å²) in [5, 5.41) is 3.20. The molecule has 0 radical (unpaired) electrons. The van der Waals surface area contributed by atoms with Crippen LogP contribution < -0.4 is 5.32 Å². The van der Waals surface area contributed by atoms with Crippen LogP contribution >= 0.6 is 0 Å². The van der Waals surface area contributed by atoms with E-state index in [9.17, 15) is 9.59 Å². The van der Waals surface area contributed by atoms with E-state index in [0.29, 0.717) is 0 Å². The molecule has 1 aromatic carbocycles. The molecular weight excluding hydrogens is 264 g/mol. The number of aryl methyl sites for hydroxylation is 1. The molecule has 0 spiro atoms. The Morgan fingerprint density at radius 1 is 1.19 bits per heavy atom. The van der Waals surface area contributed by atoms with Gasteiger partial charge in [-0.2, -0.15) is 0 Å². The molecule has 1 aromatic rings. The Balaban J connectivity index is 1.61. The number of carbonyl (C=O) groups is 2. The van der Waals surface area contributed by atoms with Crippen LogP contribution in [-0.2, 0) is 16.0 Å². The summed E-state index contributed by atoms with van der Waals surface area (Å²) in [5.74, 6) is -0.0860. The molecule has 1 heterocycles. The van der Waals surface area contributed by atoms with E-state index in [0.717, 1.165) is 24.9 Å². The van der Waals surface area contributed by atoms with Gasteiger partial charge in [-0.1, -0.05) is 25.5 Å². The first-order chi connectivity index (χ1) is 10.2. The molecule has 1 aliphatic carbocycles. The maximum absolute atomic E-state index is 12.3. The van der Waals surface area contributed by atoms with E-state index in [2.05, 4.69) is 24.4 Å². The van der Waals surface area contributed by atoms with Gasteiger partial charge in [0.15, 0.2) is 0 Å². The van der Waals surface area contributed by atoms with Crippen LogP contribution in [-0.4, -0.2) is 28.8 Å². The summed E-state index contributed by atoms with van der Waals surface area (Å²) >= 11 is 0. The van der Waals surface area contributed by atoms with E-state index in [1.807, 2.05) is 12.1 Å². The smallest absolute Gasteiger partial charge is 0.252 e. The van der Waals surface area contributed by atoms with Crippen LogP contribution in [0.15, 0.2) is 24.3 Å². The average Bonchev–Trinajstić information content (AvgIpc) is 3.26. The van der Waals surface area contributed by atoms with Crippen molar-refractivity contribution in [2.45, 2.75) is 57.5 Å². The fourth-order valence-corrected chi connectivity index (χ4v) is 2.83. The minimum atomic E-state index is -0.389. The van der Waals surface area contributed by atoms with Gasteiger partial charge in [0.05, 0.1) is 6.42 Å². The Morgan fingerprint density at radius 3 is 2.52 bits per heavy atom. The summed E-state index contributed by atoms with van der Waals surface area (Å²) in [7, 11) is 0. The summed E-state index contributed by atoms with van der Waals surface area (Å²) in [6.45, 7) is 2.18. The van der Waals surface area contributed by atoms with Crippen molar-refractivity contribution in [2.24, 2.45) is 0 Å². The van der Waals surface area contributed by atoms with Crippen molar-refractivity contribution in [3.63, 3.8) is 0 Å². The lowest BCUT2D eigenvalue weighted by Gasteiger charge is -2.15. The van der Waals surface area contributed by atoms with E-state index in [4.69, 9.17) is 0 Å². The highest BCUT2D eigenvalue weighted by Crippen LogP contribution is 2.32. The van der Waals surface area contributed by atoms with Crippen LogP contribution in [0, 0.1) is 0 Å². The Labute approximate surface area is 125 Å². The van der Waals surface area contributed by atoms with E-state index < -0.39 is 0 Å². The number of likely N-dealkylation sites (tertiary alicyclic amines) is 1. The largest absolute Gasteiger partial charge is 0.373 e. The van der Waals surface area contributed by atoms with E-state index in [1.165, 1.54) is 23.3 Å². The van der Waals surface area contributed by atoms with Gasteiger partial charge >= 0.3 is 0 Å². The van der Waals surface area contributed by atoms with E-state index in [1.54, 1.807) is 0 Å². The number of unbranched alkanes of at least 4 members (excludes halogenated alkanes) is 1. The van der Waals surface area contributed by atoms with E-state index in [-0.39, 0.29) is 30.3 Å². The number of nitrogens with one attached hydrogen (secondary N) is 1. The molecule has 2 aliphatic rings. The second-order valence-electron chi connectivity index (χ2n) is 6.03. The predicted molar refractivity (Wildman–Crippen MR) is 82.0 cm³/mol. The summed E-state index contributed by atoms with van der Waals surface area (Å²) in [6, 6.07) is 7.98. The Kier molecular flexibility index (Phi) is 3.95. The Bertz CT molecular complexity index is 534. The molecule has 2 amide bonds. The zero-order valence-electron chi connectivity index (χ0n) is 12.5. The van der Waals surface area contributed by atoms with Crippen LogP contribution in [0.2, 0.25) is 0 Å². The minimum Gasteiger partial charge on any atom is -0.373 e. The quantitative estimate of drug-likeness (QED) is 0.818. The third kappa shape index (κ3) is 3.09. The molecule has 2 fully saturated rings. The van der Waals surface area contributed by atoms with Gasteiger partial charge in [-0.05, 0) is 43.4 Å². The van der Waals surface area contributed by atoms with Crippen molar-refractivity contribution in [1.29, 1.82) is 0 Å². The standard InChI is InChI=1S/C17H22N2O2/c1-2-3-4-12-5-7-13(8-6-12)18-15-11-16(20)19(17(15)21)14-9-10-14/h5-8,14-15,18H,2-4,9-11H2,1H3. The van der Waals surface area contributed by atoms with Gasteiger partial charge in [-0.15, -0.1) is 0 Å². The monoisotopic (exact) mass is 286 g/mol. The molecule has 112 valence electrons. The highest BCUT2D eigenvalue weighted by molar-refractivity contribution is 6.07. The number of nitrogens with zero attached hydrogens (tertiary/aromatic N) is 1. The van der Waals surface area contributed by atoms with Gasteiger partial charge in [0.1, 0.15) is 6.04 Å². The van der Waals surface area contributed by atoms with Crippen molar-refractivity contribution < 1.29 is 9.59 Å². The molecule has 1 N–H and O–H groups in total. The molecule has 4 heteroatoms. The van der Waals surface area contributed by atoms with Crippen molar-refractivity contribution >= 4 is 17.5 Å². The molecular formula is C17H22N2O2. The summed E-state index contributed by atoms with van der Waals surface area (Å²) in [4.78, 5) is 25.6. The van der Waals surface area contributed by atoms with Gasteiger partial charge < -0.3 is 5.32 Å². The minimum absolute atomic E-state index is 0.0282. The van der Waals surface area contributed by atoms with Gasteiger partial charge in [0, 0.05) is 11.7 Å². The van der Waals surface area contributed by atoms with Crippen molar-refractivity contribution in [3.8, 4) is 0 Å². The van der Waals surface area contributed by atoms with Gasteiger partial charge in [0.25, 0.3) is 5.91 Å². The first kappa shape index (κ1) is 14.1. The first-order valence-corrected chi connectivity index (χ1v) is 7.90. The SMILES string of the molecule is CCCCc1ccc(NC2CC(=O)N(C3CC3)C2=O)cc1. The van der Waals surface area contributed by atoms with Crippen molar-refractivity contribution in [3.05, 3.63) is 29.8 Å². The highest BCUT2D eigenvalue weighted by atomic mass is 16.2. The molecule has 21 heavy (non-hydrogen) atoms. The predicted octanol–water partition coefficient (Wildman–Crippen LogP) is 2.73. The fraction of sp³-hybridized carbons (Fsp3) is 0.529. The van der Waals surface area contributed by atoms with Gasteiger partial charge in [-0.25, -0.2) is 0 Å². The molecule has 0 aromatic heterocycles. The molecule has 1 saturated carbocycles. The van der Waals surface area contributed by atoms with Crippen LogP contribution in [0.1, 0.15) is 44.6 Å². The molecule has 1 unspecified atom stereocenters. The number of hydrogen-bond acceptors (Lipinski definition) is 3. The maximum atomic E-state index is 12.3. The third-order valence-electron chi connectivity index (χ3n) is 4.21. The first-order valence-electron chi connectivity index (χ1n) is 7.90. The molecule has 1 saturated heterocycles. The summed E-state index contributed by atoms with van der Waals surface area (Å²) in [5.41, 5.74) is 2.23. The molecule has 1 aliphatic heterocycles. The number of hydrogen-bond donors (Lipinski definition) is 1. The maximum Gasteiger partial charge on any atom is 0.252 e. The molecule has 1 atom stereocenters. The van der Waals surface area contributed by atoms with Crippen molar-refractivity contribution in [2.75, 3.05) is 5.32 Å². The number of imide groups is 1. The van der Waals surface area contributed by atoms with Crippen LogP contribution in [0.25, 0.3) is 0 Å². The number of carbonyl (C=O) groups excluding carboxylic acids is 2. The lowest BCUT2D eigenvalue weighted by Crippen LogP contribution is -2.36. The Morgan fingerprint density at radius 2 is 1.90 bits per heavy atom. The average molecular weight is 286 g/mol. The number of amides is 2. The van der Waals surface area contributed by atoms with Gasteiger partial charge in [0.2, 0.25) is 5.91 Å². The topological polar surface area (TPSA) is 49.4 Å². The second kappa shape index (κ2) is 5.88. The summed E-state index contributed by atoms with van der Waals surface area (Å²) < 4.78 is 0. The normalized spacial score (nSPS) is 22.0. The zero-order valence-corrected chi connectivity index (χ0v) is 12.5. The third-order valence-corrected chi connectivity index (χ3v) is 4.21. The van der Waals surface area contributed by atoms with Crippen LogP contribution in [0.5, 0.6) is 0 Å². The van der Waals surface area contributed by atoms with Crippen LogP contribution in [0.3, 0.4) is 0 Å². The lowest BCUT2D eigenvalue weighted by atomic mass is 10.1. The molecule has 3 rings (SSSR count).